The molecule has 2 N–H and O–H groups in total. The molecule has 0 aliphatic heterocycles. The van der Waals surface area contributed by atoms with Crippen molar-refractivity contribution in [3.05, 3.63) is 95.3 Å². The van der Waals surface area contributed by atoms with Crippen LogP contribution in [0.25, 0.3) is 0 Å². The van der Waals surface area contributed by atoms with E-state index < -0.39 is 44.2 Å². The van der Waals surface area contributed by atoms with Crippen molar-refractivity contribution in [1.29, 1.82) is 0 Å². The minimum absolute atomic E-state index is 0.0373. The summed E-state index contributed by atoms with van der Waals surface area (Å²) in [4.78, 5) is 22.8. The molecular formula is C27H36ClNO6S2. The summed E-state index contributed by atoms with van der Waals surface area (Å²) in [5, 5.41) is 18.3. The molecule has 10 heteroatoms. The third kappa shape index (κ3) is 11.6. The van der Waals surface area contributed by atoms with Gasteiger partial charge in [0, 0.05) is 0 Å². The zero-order valence-corrected chi connectivity index (χ0v) is 23.9. The summed E-state index contributed by atoms with van der Waals surface area (Å²) in [5.74, 6) is -3.33. The van der Waals surface area contributed by atoms with Crippen LogP contribution >= 0.6 is 24.2 Å². The maximum atomic E-state index is 12.8. The van der Waals surface area contributed by atoms with Gasteiger partial charge in [-0.1, -0.05) is 106 Å². The molecule has 1 aliphatic carbocycles. The molecule has 1 saturated carbocycles. The molecule has 0 aromatic heterocycles. The number of hydrogen-bond acceptors (Lipinski definition) is 5. The fourth-order valence-electron chi connectivity index (χ4n) is 3.06. The van der Waals surface area contributed by atoms with E-state index in [-0.39, 0.29) is 11.8 Å². The Hall–Kier alpha value is -2.59. The number of allylic oxidation sites excluding steroid dienone is 9. The molecule has 2 rings (SSSR count). The van der Waals surface area contributed by atoms with Crippen LogP contribution in [0.15, 0.2) is 95.3 Å². The minimum atomic E-state index is -4.40. The largest absolute Gasteiger partial charge is 0.480 e. The molecule has 0 amide bonds. The van der Waals surface area contributed by atoms with Crippen molar-refractivity contribution < 1.29 is 28.2 Å². The summed E-state index contributed by atoms with van der Waals surface area (Å²) in [7, 11) is -4.40. The van der Waals surface area contributed by atoms with Crippen LogP contribution < -0.4 is 0 Å². The van der Waals surface area contributed by atoms with Crippen molar-refractivity contribution >= 4 is 46.2 Å². The lowest BCUT2D eigenvalue weighted by Gasteiger charge is -2.27. The van der Waals surface area contributed by atoms with E-state index in [2.05, 4.69) is 12.6 Å². The van der Waals surface area contributed by atoms with Crippen LogP contribution in [0.1, 0.15) is 34.1 Å². The lowest BCUT2D eigenvalue weighted by molar-refractivity contribution is -0.145. The van der Waals surface area contributed by atoms with Crippen molar-refractivity contribution in [3.63, 3.8) is 0 Å². The normalized spacial score (nSPS) is 20.5. The fourth-order valence-corrected chi connectivity index (χ4v) is 5.19. The van der Waals surface area contributed by atoms with Gasteiger partial charge in [-0.05, 0) is 25.3 Å². The second-order valence-corrected chi connectivity index (χ2v) is 10.6. The van der Waals surface area contributed by atoms with Gasteiger partial charge in [-0.2, -0.15) is 4.31 Å². The maximum Gasteiger partial charge on any atom is 0.325 e. The zero-order valence-electron chi connectivity index (χ0n) is 21.4. The third-order valence-corrected chi connectivity index (χ3v) is 7.77. The summed E-state index contributed by atoms with van der Waals surface area (Å²) in [6.07, 6.45) is 14.6. The lowest BCUT2D eigenvalue weighted by Crippen LogP contribution is -2.50. The Morgan fingerprint density at radius 2 is 1.49 bits per heavy atom. The lowest BCUT2D eigenvalue weighted by atomic mass is 10.2. The second kappa shape index (κ2) is 17.8. The molecule has 0 saturated heterocycles. The highest BCUT2D eigenvalue weighted by molar-refractivity contribution is 8.09. The molecule has 204 valence electrons. The Balaban J connectivity index is 0.00000138. The van der Waals surface area contributed by atoms with Gasteiger partial charge in [0.1, 0.15) is 16.3 Å². The van der Waals surface area contributed by atoms with Gasteiger partial charge in [-0.3, -0.25) is 9.59 Å². The number of carbonyl (C=O) groups is 2. The van der Waals surface area contributed by atoms with Crippen LogP contribution in [0, 0.1) is 5.92 Å². The maximum absolute atomic E-state index is 12.8. The molecule has 1 aromatic carbocycles. The number of nitrogens with zero attached hydrogens (tertiary/aromatic N) is 1. The Labute approximate surface area is 231 Å². The number of carboxylic acid groups (broad SMARTS) is 2. The Kier molecular flexibility index (Phi) is 16.5. The molecular weight excluding hydrogens is 534 g/mol. The van der Waals surface area contributed by atoms with Crippen LogP contribution in [0.3, 0.4) is 0 Å². The van der Waals surface area contributed by atoms with E-state index in [1.165, 1.54) is 6.08 Å². The predicted octanol–water partition coefficient (Wildman–Crippen LogP) is 5.90. The first-order valence-corrected chi connectivity index (χ1v) is 14.0. The van der Waals surface area contributed by atoms with Crippen molar-refractivity contribution in [1.82, 2.24) is 4.31 Å². The molecule has 3 atom stereocenters. The number of aliphatic carboxylic acids is 2. The number of thiol groups is 1. The molecule has 0 radical (unpaired) electrons. The first-order valence-electron chi connectivity index (χ1n) is 11.7. The van der Waals surface area contributed by atoms with Gasteiger partial charge in [0.2, 0.25) is 10.0 Å². The third-order valence-electron chi connectivity index (χ3n) is 4.94. The average molecular weight is 570 g/mol. The van der Waals surface area contributed by atoms with Crippen LogP contribution in [0.5, 0.6) is 0 Å². The topological polar surface area (TPSA) is 112 Å². The van der Waals surface area contributed by atoms with E-state index in [1.54, 1.807) is 43.4 Å². The zero-order chi connectivity index (χ0) is 28.5. The van der Waals surface area contributed by atoms with E-state index >= 15 is 0 Å². The number of carboxylic acids is 2. The molecule has 1 aliphatic rings. The first-order chi connectivity index (χ1) is 17.5. The smallest absolute Gasteiger partial charge is 0.325 e. The molecule has 0 spiro atoms. The van der Waals surface area contributed by atoms with E-state index in [0.29, 0.717) is 4.31 Å². The van der Waals surface area contributed by atoms with E-state index in [0.717, 1.165) is 6.08 Å². The van der Waals surface area contributed by atoms with Crippen molar-refractivity contribution in [2.45, 2.75) is 45.0 Å². The summed E-state index contributed by atoms with van der Waals surface area (Å²) < 4.78 is 25.6. The number of benzene rings is 1. The van der Waals surface area contributed by atoms with Crippen LogP contribution in [0.4, 0.5) is 0 Å². The van der Waals surface area contributed by atoms with Gasteiger partial charge >= 0.3 is 11.9 Å². The number of hydrogen-bond donors (Lipinski definition) is 3. The highest BCUT2D eigenvalue weighted by Crippen LogP contribution is 2.50. The number of rotatable bonds is 11. The van der Waals surface area contributed by atoms with Crippen molar-refractivity contribution in [2.24, 2.45) is 5.92 Å². The Morgan fingerprint density at radius 1 is 1.03 bits per heavy atom. The summed E-state index contributed by atoms with van der Waals surface area (Å²) >= 11 is 9.91. The van der Waals surface area contributed by atoms with Gasteiger partial charge in [0.25, 0.3) is 0 Å². The van der Waals surface area contributed by atoms with Crippen molar-refractivity contribution in [3.8, 4) is 0 Å². The molecule has 1 fully saturated rings. The first kappa shape index (κ1) is 34.4. The van der Waals surface area contributed by atoms with Crippen LogP contribution in [-0.4, -0.2) is 52.3 Å². The average Bonchev–Trinajstić information content (AvgIpc) is 3.56. The van der Waals surface area contributed by atoms with Gasteiger partial charge in [0.05, 0.1) is 5.38 Å². The molecule has 1 aromatic rings. The Bertz CT molecular complexity index is 1070. The SMILES string of the molecule is C/C=C\C(Cl)C=C/C=C/C=C/C=C(\S)S(=O)(=O)N(CC(=O)O)C1(C(=O)O)CC1C.CC.c1ccccc1. The molecule has 7 nitrogen and oxygen atoms in total. The summed E-state index contributed by atoms with van der Waals surface area (Å²) in [6.45, 7) is 6.45. The van der Waals surface area contributed by atoms with E-state index in [1.807, 2.05) is 63.2 Å². The molecule has 0 heterocycles. The predicted molar refractivity (Wildman–Crippen MR) is 154 cm³/mol. The standard InChI is InChI=1S/C19H24ClNO6S2.C6H6.C2H6/c1-3-9-15(20)10-7-5-4-6-8-11-17(28)29(26,27)21(13-16(22)23)19(18(24)25)12-14(19)2;1-2-4-6-5-3-1;1-2/h3-11,14-15,28H,12-13H2,1-2H3,(H,22,23)(H,24,25);1-6H;1-2H3/b5-4+,8-6+,9-3-,10-7?,17-11+;;. The highest BCUT2D eigenvalue weighted by Gasteiger charge is 2.65. The number of sulfonamides is 1. The Morgan fingerprint density at radius 3 is 1.89 bits per heavy atom. The second-order valence-electron chi connectivity index (χ2n) is 7.52. The van der Waals surface area contributed by atoms with Crippen LogP contribution in [-0.2, 0) is 19.6 Å². The summed E-state index contributed by atoms with van der Waals surface area (Å²) in [5.41, 5.74) is -1.77. The number of halogens is 1. The van der Waals surface area contributed by atoms with E-state index in [4.69, 9.17) is 16.7 Å². The number of alkyl halides is 1. The van der Waals surface area contributed by atoms with Crippen molar-refractivity contribution in [2.75, 3.05) is 6.54 Å². The highest BCUT2D eigenvalue weighted by atomic mass is 35.5. The van der Waals surface area contributed by atoms with Gasteiger partial charge < -0.3 is 10.2 Å². The summed E-state index contributed by atoms with van der Waals surface area (Å²) in [6, 6.07) is 12.0. The van der Waals surface area contributed by atoms with Gasteiger partial charge in [0.15, 0.2) is 0 Å². The van der Waals surface area contributed by atoms with E-state index in [9.17, 15) is 23.1 Å². The van der Waals surface area contributed by atoms with Crippen LogP contribution in [0.2, 0.25) is 0 Å². The molecule has 0 bridgehead atoms. The monoisotopic (exact) mass is 569 g/mol. The molecule has 3 unspecified atom stereocenters. The fraction of sp³-hybridized carbons (Fsp3) is 0.333. The van der Waals surface area contributed by atoms with Gasteiger partial charge in [-0.15, -0.1) is 24.2 Å². The minimum Gasteiger partial charge on any atom is -0.480 e. The quantitative estimate of drug-likeness (QED) is 0.132. The van der Waals surface area contributed by atoms with Gasteiger partial charge in [-0.25, -0.2) is 8.42 Å². The molecule has 37 heavy (non-hydrogen) atoms.